The third-order valence-corrected chi connectivity index (χ3v) is 8.79. The van der Waals surface area contributed by atoms with Gasteiger partial charge in [0.05, 0.1) is 38.5 Å². The Morgan fingerprint density at radius 1 is 0.822 bits per heavy atom. The predicted molar refractivity (Wildman–Crippen MR) is 173 cm³/mol. The number of methoxy groups -OCH3 is 3. The lowest BCUT2D eigenvalue weighted by molar-refractivity contribution is -0.139. The maximum Gasteiger partial charge on any atom is 0.264 e. The molecular weight excluding hydrogens is 598 g/mol. The van der Waals surface area contributed by atoms with E-state index in [1.807, 2.05) is 20.8 Å². The number of nitrogens with zero attached hydrogens (tertiary/aromatic N) is 2. The molecule has 0 saturated heterocycles. The zero-order chi connectivity index (χ0) is 33.1. The lowest BCUT2D eigenvalue weighted by Gasteiger charge is -2.32. The molecule has 2 amide bonds. The van der Waals surface area contributed by atoms with Crippen molar-refractivity contribution < 1.29 is 37.0 Å². The Balaban J connectivity index is 2.06. The van der Waals surface area contributed by atoms with Crippen molar-refractivity contribution in [3.63, 3.8) is 0 Å². The number of carbonyl (C=O) groups excluding carboxylic acids is 2. The van der Waals surface area contributed by atoms with Crippen LogP contribution in [0.5, 0.6) is 23.0 Å². The summed E-state index contributed by atoms with van der Waals surface area (Å²) in [4.78, 5) is 28.6. The number of amides is 2. The van der Waals surface area contributed by atoms with E-state index in [2.05, 4.69) is 5.32 Å². The maximum absolute atomic E-state index is 14.2. The quantitative estimate of drug-likeness (QED) is 0.243. The molecule has 0 aliphatic carbocycles. The number of benzene rings is 3. The third kappa shape index (κ3) is 9.04. The number of rotatable bonds is 16. The van der Waals surface area contributed by atoms with Crippen LogP contribution >= 0.6 is 0 Å². The molecule has 1 atom stereocenters. The number of hydrogen-bond acceptors (Lipinski definition) is 8. The summed E-state index contributed by atoms with van der Waals surface area (Å²) < 4.78 is 50.9. The fourth-order valence-corrected chi connectivity index (χ4v) is 5.90. The van der Waals surface area contributed by atoms with Gasteiger partial charge in [0, 0.05) is 19.2 Å². The van der Waals surface area contributed by atoms with Crippen LogP contribution in [0.4, 0.5) is 5.69 Å². The second-order valence-corrected chi connectivity index (χ2v) is 12.5. The van der Waals surface area contributed by atoms with Crippen molar-refractivity contribution in [1.29, 1.82) is 0 Å². The van der Waals surface area contributed by atoms with Crippen LogP contribution in [0.15, 0.2) is 71.6 Å². The largest absolute Gasteiger partial charge is 0.497 e. The van der Waals surface area contributed by atoms with Gasteiger partial charge in [-0.05, 0) is 73.9 Å². The molecule has 0 aromatic heterocycles. The first-order chi connectivity index (χ1) is 21.4. The maximum atomic E-state index is 14.2. The van der Waals surface area contributed by atoms with Gasteiger partial charge < -0.3 is 29.2 Å². The number of ether oxygens (including phenoxy) is 4. The first-order valence-corrected chi connectivity index (χ1v) is 16.1. The number of nitrogens with one attached hydrogen (secondary N) is 1. The van der Waals surface area contributed by atoms with Crippen LogP contribution in [-0.2, 0) is 26.2 Å². The number of anilines is 1. The van der Waals surface area contributed by atoms with Gasteiger partial charge >= 0.3 is 0 Å². The zero-order valence-electron chi connectivity index (χ0n) is 26.9. The Labute approximate surface area is 266 Å². The number of hydrogen-bond donors (Lipinski definition) is 1. The monoisotopic (exact) mass is 641 g/mol. The van der Waals surface area contributed by atoms with E-state index in [-0.39, 0.29) is 34.7 Å². The highest BCUT2D eigenvalue weighted by molar-refractivity contribution is 7.92. The van der Waals surface area contributed by atoms with Crippen molar-refractivity contribution >= 4 is 27.5 Å². The second-order valence-electron chi connectivity index (χ2n) is 10.6. The van der Waals surface area contributed by atoms with Crippen LogP contribution in [0.2, 0.25) is 0 Å². The summed E-state index contributed by atoms with van der Waals surface area (Å²) in [6.07, 6.45) is 0. The van der Waals surface area contributed by atoms with E-state index in [1.54, 1.807) is 62.6 Å². The van der Waals surface area contributed by atoms with Gasteiger partial charge in [0.2, 0.25) is 11.8 Å². The standard InChI is InChI=1S/C33H43N3O8S/c1-8-44-28-15-11-26(12-16-28)36(45(39,40)29-17-18-30(42-6)31(19-29)43-7)22-32(37)35(24(4)33(38)34-20-23(2)3)21-25-9-13-27(41-5)14-10-25/h9-19,23-24H,8,20-22H2,1-7H3,(H,34,38). The first-order valence-electron chi connectivity index (χ1n) is 14.6. The lowest BCUT2D eigenvalue weighted by atomic mass is 10.1. The van der Waals surface area contributed by atoms with Crippen molar-refractivity contribution in [3.05, 3.63) is 72.3 Å². The van der Waals surface area contributed by atoms with Crippen LogP contribution < -0.4 is 28.6 Å². The zero-order valence-corrected chi connectivity index (χ0v) is 27.7. The van der Waals surface area contributed by atoms with Crippen molar-refractivity contribution in [3.8, 4) is 23.0 Å². The average Bonchev–Trinajstić information content (AvgIpc) is 3.04. The minimum Gasteiger partial charge on any atom is -0.497 e. The highest BCUT2D eigenvalue weighted by atomic mass is 32.2. The molecule has 0 bridgehead atoms. The Kier molecular flexibility index (Phi) is 12.5. The summed E-state index contributed by atoms with van der Waals surface area (Å²) in [5.41, 5.74) is 0.978. The molecule has 0 saturated carbocycles. The molecular formula is C33H43N3O8S. The predicted octanol–water partition coefficient (Wildman–Crippen LogP) is 4.50. The fourth-order valence-electron chi connectivity index (χ4n) is 4.47. The fraction of sp³-hybridized carbons (Fsp3) is 0.394. The van der Waals surface area contributed by atoms with Crippen molar-refractivity contribution in [1.82, 2.24) is 10.2 Å². The smallest absolute Gasteiger partial charge is 0.264 e. The minimum atomic E-state index is -4.32. The molecule has 45 heavy (non-hydrogen) atoms. The van der Waals surface area contributed by atoms with Gasteiger partial charge in [0.15, 0.2) is 11.5 Å². The highest BCUT2D eigenvalue weighted by Gasteiger charge is 2.33. The van der Waals surface area contributed by atoms with Crippen molar-refractivity contribution in [2.75, 3.05) is 45.3 Å². The Morgan fingerprint density at radius 2 is 1.44 bits per heavy atom. The molecule has 0 spiro atoms. The summed E-state index contributed by atoms with van der Waals surface area (Å²) in [6, 6.07) is 16.8. The number of carbonyl (C=O) groups is 2. The second kappa shape index (κ2) is 16.0. The van der Waals surface area contributed by atoms with E-state index in [0.717, 1.165) is 9.87 Å². The van der Waals surface area contributed by atoms with Gasteiger partial charge in [-0.15, -0.1) is 0 Å². The Bertz CT molecular complexity index is 1530. The summed E-state index contributed by atoms with van der Waals surface area (Å²) in [7, 11) is 0.0923. The lowest BCUT2D eigenvalue weighted by Crippen LogP contribution is -2.51. The van der Waals surface area contributed by atoms with Crippen LogP contribution in [0.25, 0.3) is 0 Å². The van der Waals surface area contributed by atoms with Crippen LogP contribution in [0, 0.1) is 5.92 Å². The van der Waals surface area contributed by atoms with Crippen LogP contribution in [0.1, 0.15) is 33.3 Å². The van der Waals surface area contributed by atoms with Gasteiger partial charge in [-0.1, -0.05) is 26.0 Å². The molecule has 3 aromatic rings. The molecule has 1 unspecified atom stereocenters. The molecule has 0 aliphatic heterocycles. The van der Waals surface area contributed by atoms with Crippen LogP contribution in [0.3, 0.4) is 0 Å². The normalized spacial score (nSPS) is 11.8. The number of sulfonamides is 1. The summed E-state index contributed by atoms with van der Waals surface area (Å²) in [6.45, 7) is 7.76. The van der Waals surface area contributed by atoms with E-state index >= 15 is 0 Å². The molecule has 0 fully saturated rings. The topological polar surface area (TPSA) is 124 Å². The molecule has 244 valence electrons. The van der Waals surface area contributed by atoms with Crippen molar-refractivity contribution in [2.45, 2.75) is 45.2 Å². The molecule has 1 N–H and O–H groups in total. The minimum absolute atomic E-state index is 0.0621. The molecule has 0 heterocycles. The van der Waals surface area contributed by atoms with Crippen molar-refractivity contribution in [2.24, 2.45) is 5.92 Å². The highest BCUT2D eigenvalue weighted by Crippen LogP contribution is 2.33. The molecule has 12 heteroatoms. The first kappa shape index (κ1) is 35.0. The molecule has 11 nitrogen and oxygen atoms in total. The van der Waals surface area contributed by atoms with Gasteiger partial charge in [-0.25, -0.2) is 8.42 Å². The SMILES string of the molecule is CCOc1ccc(N(CC(=O)N(Cc2ccc(OC)cc2)C(C)C(=O)NCC(C)C)S(=O)(=O)c2ccc(OC)c(OC)c2)cc1. The molecule has 3 aromatic carbocycles. The summed E-state index contributed by atoms with van der Waals surface area (Å²) in [5, 5.41) is 2.88. The Hall–Kier alpha value is -4.45. The van der Waals surface area contributed by atoms with E-state index < -0.39 is 28.5 Å². The molecule has 0 aliphatic rings. The van der Waals surface area contributed by atoms with Gasteiger partial charge in [-0.3, -0.25) is 13.9 Å². The Morgan fingerprint density at radius 3 is 2.00 bits per heavy atom. The molecule has 0 radical (unpaired) electrons. The van der Waals surface area contributed by atoms with Gasteiger partial charge in [0.1, 0.15) is 24.1 Å². The van der Waals surface area contributed by atoms with Gasteiger partial charge in [-0.2, -0.15) is 0 Å². The van der Waals surface area contributed by atoms with E-state index in [1.165, 1.54) is 37.3 Å². The average molecular weight is 642 g/mol. The van der Waals surface area contributed by atoms with Gasteiger partial charge in [0.25, 0.3) is 10.0 Å². The van der Waals surface area contributed by atoms with E-state index in [0.29, 0.717) is 30.4 Å². The summed E-state index contributed by atoms with van der Waals surface area (Å²) >= 11 is 0. The van der Waals surface area contributed by atoms with E-state index in [4.69, 9.17) is 18.9 Å². The molecule has 3 rings (SSSR count). The summed E-state index contributed by atoms with van der Waals surface area (Å²) in [5.74, 6) is 1.04. The van der Waals surface area contributed by atoms with Crippen LogP contribution in [-0.4, -0.2) is 72.2 Å². The van der Waals surface area contributed by atoms with E-state index in [9.17, 15) is 18.0 Å². The third-order valence-electron chi connectivity index (χ3n) is 7.02.